The molecule has 5 rings (SSSR count). The van der Waals surface area contributed by atoms with Crippen LogP contribution in [0.1, 0.15) is 24.8 Å². The van der Waals surface area contributed by atoms with E-state index in [4.69, 9.17) is 0 Å². The number of hydrogen-bond acceptors (Lipinski definition) is 5. The van der Waals surface area contributed by atoms with Crippen LogP contribution in [0.2, 0.25) is 0 Å². The van der Waals surface area contributed by atoms with E-state index in [0.29, 0.717) is 49.3 Å². The van der Waals surface area contributed by atoms with Crippen molar-refractivity contribution in [2.45, 2.75) is 30.6 Å². The van der Waals surface area contributed by atoms with Gasteiger partial charge in [0.1, 0.15) is 5.82 Å². The molecule has 2 heterocycles. The molecule has 2 fully saturated rings. The lowest BCUT2D eigenvalue weighted by molar-refractivity contribution is -0.131. The van der Waals surface area contributed by atoms with E-state index in [-0.39, 0.29) is 40.6 Å². The Kier molecular flexibility index (Phi) is 6.61. The van der Waals surface area contributed by atoms with Crippen molar-refractivity contribution >= 4 is 49.0 Å². The molecule has 186 valence electrons. The lowest BCUT2D eigenvalue weighted by Crippen LogP contribution is -2.49. The van der Waals surface area contributed by atoms with Gasteiger partial charge in [-0.05, 0) is 77.2 Å². The zero-order valence-corrected chi connectivity index (χ0v) is 21.7. The number of benzene rings is 2. The summed E-state index contributed by atoms with van der Waals surface area (Å²) in [4.78, 5) is 31.0. The van der Waals surface area contributed by atoms with E-state index >= 15 is 0 Å². The summed E-state index contributed by atoms with van der Waals surface area (Å²) in [6.07, 6.45) is 2.39. The summed E-state index contributed by atoms with van der Waals surface area (Å²) < 4.78 is 40.0. The highest BCUT2D eigenvalue weighted by Gasteiger charge is 2.37. The molecule has 35 heavy (non-hydrogen) atoms. The van der Waals surface area contributed by atoms with Gasteiger partial charge in [0.15, 0.2) is 9.84 Å². The average molecular weight is 564 g/mol. The molecule has 0 spiro atoms. The predicted octanol–water partition coefficient (Wildman–Crippen LogP) is 3.40. The summed E-state index contributed by atoms with van der Waals surface area (Å²) in [7, 11) is -3.74. The van der Waals surface area contributed by atoms with Gasteiger partial charge in [0.05, 0.1) is 10.6 Å². The van der Waals surface area contributed by atoms with Crippen LogP contribution in [0, 0.1) is 11.7 Å². The first-order valence-corrected chi connectivity index (χ1v) is 14.3. The molecule has 0 bridgehead atoms. The number of halogens is 2. The van der Waals surface area contributed by atoms with E-state index in [0.717, 1.165) is 24.1 Å². The van der Waals surface area contributed by atoms with Crippen molar-refractivity contribution in [3.05, 3.63) is 52.3 Å². The standard InChI is InChI=1S/C25H27BrFN3O4S/c26-21-15-18-7-9-30(25(32)17-1-2-17)22(18)16-23(21)35(33,34)14-8-24(31)29-12-10-28(11-13-29)20-5-3-19(27)4-6-20/h3-6,15-17H,1-2,7-14H2. The normalized spacial score (nSPS) is 18.1. The Bertz CT molecular complexity index is 1260. The van der Waals surface area contributed by atoms with Crippen LogP contribution in [0.15, 0.2) is 45.8 Å². The number of hydrogen-bond donors (Lipinski definition) is 0. The molecule has 1 saturated carbocycles. The Hall–Kier alpha value is -2.46. The fourth-order valence-corrected chi connectivity index (χ4v) is 7.20. The number of carbonyl (C=O) groups is 2. The van der Waals surface area contributed by atoms with E-state index < -0.39 is 9.84 Å². The van der Waals surface area contributed by atoms with Crippen LogP contribution < -0.4 is 9.80 Å². The molecule has 7 nitrogen and oxygen atoms in total. The average Bonchev–Trinajstić information content (AvgIpc) is 3.62. The Balaban J connectivity index is 1.21. The van der Waals surface area contributed by atoms with Gasteiger partial charge in [0.2, 0.25) is 11.8 Å². The molecule has 0 radical (unpaired) electrons. The molecular formula is C25H27BrFN3O4S. The number of amides is 2. The third kappa shape index (κ3) is 5.09. The molecule has 2 aromatic rings. The van der Waals surface area contributed by atoms with Crippen molar-refractivity contribution < 1.29 is 22.4 Å². The molecule has 1 aliphatic carbocycles. The van der Waals surface area contributed by atoms with Gasteiger partial charge in [-0.15, -0.1) is 0 Å². The molecule has 0 N–H and O–H groups in total. The first-order valence-electron chi connectivity index (χ1n) is 11.9. The Morgan fingerprint density at radius 3 is 2.34 bits per heavy atom. The van der Waals surface area contributed by atoms with E-state index in [1.807, 2.05) is 0 Å². The second kappa shape index (κ2) is 9.54. The second-order valence-electron chi connectivity index (χ2n) is 9.34. The topological polar surface area (TPSA) is 78.0 Å². The minimum Gasteiger partial charge on any atom is -0.368 e. The molecule has 0 aromatic heterocycles. The molecular weight excluding hydrogens is 537 g/mol. The fourth-order valence-electron chi connectivity index (χ4n) is 4.76. The lowest BCUT2D eigenvalue weighted by atomic mass is 10.2. The number of rotatable bonds is 6. The maximum Gasteiger partial charge on any atom is 0.230 e. The van der Waals surface area contributed by atoms with Gasteiger partial charge in [-0.25, -0.2) is 12.8 Å². The quantitative estimate of drug-likeness (QED) is 0.538. The maximum absolute atomic E-state index is 13.2. The first-order chi connectivity index (χ1) is 16.7. The molecule has 3 aliphatic rings. The van der Waals surface area contributed by atoms with Crippen LogP contribution in [-0.4, -0.2) is 63.6 Å². The summed E-state index contributed by atoms with van der Waals surface area (Å²) in [5.41, 5.74) is 2.53. The summed E-state index contributed by atoms with van der Waals surface area (Å²) in [5, 5.41) is 0. The van der Waals surface area contributed by atoms with Crippen molar-refractivity contribution in [3.8, 4) is 0 Å². The molecule has 2 aromatic carbocycles. The zero-order chi connectivity index (χ0) is 24.7. The summed E-state index contributed by atoms with van der Waals surface area (Å²) in [5.74, 6) is -0.649. The van der Waals surface area contributed by atoms with Crippen LogP contribution in [0.4, 0.5) is 15.8 Å². The summed E-state index contributed by atoms with van der Waals surface area (Å²) in [6, 6.07) is 9.64. The van der Waals surface area contributed by atoms with Gasteiger partial charge in [0.25, 0.3) is 0 Å². The Morgan fingerprint density at radius 1 is 1.00 bits per heavy atom. The fraction of sp³-hybridized carbons (Fsp3) is 0.440. The first kappa shape index (κ1) is 24.2. The van der Waals surface area contributed by atoms with Crippen LogP contribution in [0.5, 0.6) is 0 Å². The van der Waals surface area contributed by atoms with Crippen LogP contribution in [-0.2, 0) is 25.8 Å². The van der Waals surface area contributed by atoms with Gasteiger partial charge in [0, 0.05) is 60.9 Å². The van der Waals surface area contributed by atoms with Gasteiger partial charge < -0.3 is 14.7 Å². The number of nitrogens with zero attached hydrogens (tertiary/aromatic N) is 3. The largest absolute Gasteiger partial charge is 0.368 e. The van der Waals surface area contributed by atoms with Gasteiger partial charge >= 0.3 is 0 Å². The van der Waals surface area contributed by atoms with Crippen LogP contribution in [0.3, 0.4) is 0 Å². The highest BCUT2D eigenvalue weighted by atomic mass is 79.9. The molecule has 1 saturated heterocycles. The highest BCUT2D eigenvalue weighted by molar-refractivity contribution is 9.10. The Morgan fingerprint density at radius 2 is 1.69 bits per heavy atom. The molecule has 0 unspecified atom stereocenters. The van der Waals surface area contributed by atoms with Gasteiger partial charge in [-0.3, -0.25) is 9.59 Å². The van der Waals surface area contributed by atoms with Crippen LogP contribution >= 0.6 is 15.9 Å². The van der Waals surface area contributed by atoms with E-state index in [9.17, 15) is 22.4 Å². The number of anilines is 2. The number of carbonyl (C=O) groups excluding carboxylic acids is 2. The second-order valence-corrected chi connectivity index (χ2v) is 12.3. The summed E-state index contributed by atoms with van der Waals surface area (Å²) in [6.45, 7) is 2.74. The lowest BCUT2D eigenvalue weighted by Gasteiger charge is -2.36. The van der Waals surface area contributed by atoms with E-state index in [1.54, 1.807) is 34.1 Å². The van der Waals surface area contributed by atoms with Crippen molar-refractivity contribution in [3.63, 3.8) is 0 Å². The van der Waals surface area contributed by atoms with Crippen molar-refractivity contribution in [1.82, 2.24) is 4.90 Å². The van der Waals surface area contributed by atoms with E-state index in [1.165, 1.54) is 12.1 Å². The minimum atomic E-state index is -3.74. The zero-order valence-electron chi connectivity index (χ0n) is 19.3. The molecule has 2 amide bonds. The number of sulfone groups is 1. The van der Waals surface area contributed by atoms with Crippen molar-refractivity contribution in [2.75, 3.05) is 48.3 Å². The van der Waals surface area contributed by atoms with Crippen molar-refractivity contribution in [2.24, 2.45) is 5.92 Å². The van der Waals surface area contributed by atoms with Gasteiger partial charge in [-0.1, -0.05) is 0 Å². The minimum absolute atomic E-state index is 0.0609. The highest BCUT2D eigenvalue weighted by Crippen LogP contribution is 2.39. The van der Waals surface area contributed by atoms with E-state index in [2.05, 4.69) is 20.8 Å². The molecule has 0 atom stereocenters. The van der Waals surface area contributed by atoms with Gasteiger partial charge in [-0.2, -0.15) is 0 Å². The smallest absolute Gasteiger partial charge is 0.230 e. The van der Waals surface area contributed by atoms with Crippen molar-refractivity contribution in [1.29, 1.82) is 0 Å². The number of piperazine rings is 1. The monoisotopic (exact) mass is 563 g/mol. The maximum atomic E-state index is 13.2. The third-order valence-corrected chi connectivity index (χ3v) is 9.63. The number of fused-ring (bicyclic) bond motifs is 1. The SMILES string of the molecule is O=C(CCS(=O)(=O)c1cc2c(cc1Br)CCN2C(=O)C1CC1)N1CCN(c2ccc(F)cc2)CC1. The summed E-state index contributed by atoms with van der Waals surface area (Å²) >= 11 is 3.39. The Labute approximate surface area is 212 Å². The molecule has 2 aliphatic heterocycles. The third-order valence-electron chi connectivity index (χ3n) is 6.97. The predicted molar refractivity (Wildman–Crippen MR) is 135 cm³/mol. The molecule has 10 heteroatoms. The van der Waals surface area contributed by atoms with Crippen LogP contribution in [0.25, 0.3) is 0 Å².